The molecule has 0 spiro atoms. The molecule has 0 bridgehead atoms. The van der Waals surface area contributed by atoms with E-state index in [1.165, 1.54) is 11.8 Å². The maximum atomic E-state index is 9.02. The summed E-state index contributed by atoms with van der Waals surface area (Å²) in [5, 5.41) is 9.02. The fourth-order valence-corrected chi connectivity index (χ4v) is 2.86. The molecule has 0 saturated carbocycles. The van der Waals surface area contributed by atoms with Crippen molar-refractivity contribution in [2.45, 2.75) is 18.6 Å². The maximum Gasteiger partial charge on any atom is 0.131 e. The first kappa shape index (κ1) is 14.8. The fourth-order valence-electron chi connectivity index (χ4n) is 1.28. The summed E-state index contributed by atoms with van der Waals surface area (Å²) in [7, 11) is 3.18. The Morgan fingerprint density at radius 3 is 2.50 bits per heavy atom. The molecular formula is C13H15NO2S2. The summed E-state index contributed by atoms with van der Waals surface area (Å²) in [4.78, 5) is 0. The number of thioether (sulfide) groups is 1. The predicted octanol–water partition coefficient (Wildman–Crippen LogP) is 3.41. The van der Waals surface area contributed by atoms with Crippen LogP contribution in [-0.2, 0) is 0 Å². The van der Waals surface area contributed by atoms with Crippen LogP contribution in [0.5, 0.6) is 11.5 Å². The molecule has 96 valence electrons. The lowest BCUT2D eigenvalue weighted by Gasteiger charge is -2.17. The van der Waals surface area contributed by atoms with E-state index in [4.69, 9.17) is 27.0 Å². The fraction of sp³-hybridized carbons (Fsp3) is 0.385. The number of methoxy groups -OCH3 is 2. The quantitative estimate of drug-likeness (QED) is 0.791. The first-order valence-electron chi connectivity index (χ1n) is 5.30. The van der Waals surface area contributed by atoms with Gasteiger partial charge in [-0.1, -0.05) is 24.0 Å². The Labute approximate surface area is 117 Å². The second-order valence-electron chi connectivity index (χ2n) is 4.08. The van der Waals surface area contributed by atoms with E-state index < -0.39 is 4.75 Å². The van der Waals surface area contributed by atoms with E-state index in [0.717, 1.165) is 5.56 Å². The van der Waals surface area contributed by atoms with Gasteiger partial charge in [0, 0.05) is 11.6 Å². The molecule has 0 aliphatic heterocycles. The van der Waals surface area contributed by atoms with E-state index in [9.17, 15) is 0 Å². The predicted molar refractivity (Wildman–Crippen MR) is 78.5 cm³/mol. The molecule has 0 amide bonds. The van der Waals surface area contributed by atoms with E-state index in [1.54, 1.807) is 20.3 Å². The van der Waals surface area contributed by atoms with Gasteiger partial charge in [-0.2, -0.15) is 5.26 Å². The van der Waals surface area contributed by atoms with Crippen molar-refractivity contribution in [3.05, 3.63) is 23.8 Å². The van der Waals surface area contributed by atoms with E-state index in [-0.39, 0.29) is 0 Å². The number of hydrogen-bond acceptors (Lipinski definition) is 5. The van der Waals surface area contributed by atoms with Crippen molar-refractivity contribution < 1.29 is 9.47 Å². The molecule has 0 fully saturated rings. The van der Waals surface area contributed by atoms with Crippen molar-refractivity contribution in [1.29, 1.82) is 5.26 Å². The van der Waals surface area contributed by atoms with Gasteiger partial charge < -0.3 is 9.47 Å². The van der Waals surface area contributed by atoms with Crippen LogP contribution in [0.15, 0.2) is 18.2 Å². The van der Waals surface area contributed by atoms with Gasteiger partial charge >= 0.3 is 0 Å². The van der Waals surface area contributed by atoms with Gasteiger partial charge in [0.15, 0.2) is 0 Å². The van der Waals surface area contributed by atoms with Crippen molar-refractivity contribution in [3.8, 4) is 17.6 Å². The van der Waals surface area contributed by atoms with Crippen molar-refractivity contribution in [3.63, 3.8) is 0 Å². The Morgan fingerprint density at radius 1 is 1.33 bits per heavy atom. The van der Waals surface area contributed by atoms with E-state index >= 15 is 0 Å². The molecule has 1 aromatic rings. The summed E-state index contributed by atoms with van der Waals surface area (Å²) < 4.78 is 10.5. The second-order valence-corrected chi connectivity index (χ2v) is 6.38. The van der Waals surface area contributed by atoms with Crippen LogP contribution < -0.4 is 9.47 Å². The lowest BCUT2D eigenvalue weighted by molar-refractivity contribution is 0.394. The monoisotopic (exact) mass is 281 g/mol. The maximum absolute atomic E-state index is 9.02. The summed E-state index contributed by atoms with van der Waals surface area (Å²) in [5.74, 6) is 1.36. The van der Waals surface area contributed by atoms with Gasteiger partial charge in [-0.3, -0.25) is 0 Å². The van der Waals surface area contributed by atoms with Gasteiger partial charge in [0.25, 0.3) is 0 Å². The lowest BCUT2D eigenvalue weighted by atomic mass is 10.2. The van der Waals surface area contributed by atoms with Crippen LogP contribution in [0.25, 0.3) is 0 Å². The summed E-state index contributed by atoms with van der Waals surface area (Å²) in [5.41, 5.74) is 0.807. The first-order chi connectivity index (χ1) is 8.43. The van der Waals surface area contributed by atoms with Crippen LogP contribution in [0, 0.1) is 11.3 Å². The summed E-state index contributed by atoms with van der Waals surface area (Å²) >= 11 is 6.71. The zero-order chi connectivity index (χ0) is 13.8. The van der Waals surface area contributed by atoms with Crippen LogP contribution in [0.2, 0.25) is 0 Å². The minimum absolute atomic E-state index is 0.554. The van der Waals surface area contributed by atoms with E-state index in [1.807, 2.05) is 26.0 Å². The van der Waals surface area contributed by atoms with Gasteiger partial charge in [0.05, 0.1) is 24.5 Å². The Bertz CT molecular complexity index is 492. The van der Waals surface area contributed by atoms with Crippen LogP contribution in [-0.4, -0.2) is 23.2 Å². The molecule has 0 heterocycles. The lowest BCUT2D eigenvalue weighted by Crippen LogP contribution is -2.14. The van der Waals surface area contributed by atoms with Crippen LogP contribution in [0.3, 0.4) is 0 Å². The molecular weight excluding hydrogens is 266 g/mol. The van der Waals surface area contributed by atoms with Crippen molar-refractivity contribution in [1.82, 2.24) is 0 Å². The number of thiocarbonyl (C=S) groups is 1. The molecule has 0 aromatic heterocycles. The minimum Gasteiger partial charge on any atom is -0.497 e. The summed E-state index contributed by atoms with van der Waals surface area (Å²) in [6.45, 7) is 3.67. The largest absolute Gasteiger partial charge is 0.497 e. The zero-order valence-corrected chi connectivity index (χ0v) is 12.4. The highest BCUT2D eigenvalue weighted by molar-refractivity contribution is 8.24. The average molecular weight is 281 g/mol. The van der Waals surface area contributed by atoms with E-state index in [2.05, 4.69) is 6.07 Å². The second kappa shape index (κ2) is 6.07. The van der Waals surface area contributed by atoms with Crippen molar-refractivity contribution >= 4 is 28.2 Å². The summed E-state index contributed by atoms with van der Waals surface area (Å²) in [6, 6.07) is 7.66. The number of nitriles is 1. The zero-order valence-electron chi connectivity index (χ0n) is 10.8. The molecule has 0 aliphatic carbocycles. The smallest absolute Gasteiger partial charge is 0.131 e. The number of nitrogens with zero attached hydrogens (tertiary/aromatic N) is 1. The molecule has 18 heavy (non-hydrogen) atoms. The van der Waals surface area contributed by atoms with Crippen molar-refractivity contribution in [2.24, 2.45) is 0 Å². The number of rotatable bonds is 4. The standard InChI is InChI=1S/C13H15NO2S2/c1-13(2,8-14)18-12(17)10-6-5-9(15-3)7-11(10)16-4/h5-7H,1-4H3. The average Bonchev–Trinajstić information content (AvgIpc) is 2.37. The van der Waals surface area contributed by atoms with Gasteiger partial charge in [-0.25, -0.2) is 0 Å². The number of benzene rings is 1. The molecule has 1 aromatic carbocycles. The van der Waals surface area contributed by atoms with Gasteiger partial charge in [-0.15, -0.1) is 0 Å². The highest BCUT2D eigenvalue weighted by Gasteiger charge is 2.22. The van der Waals surface area contributed by atoms with Gasteiger partial charge in [0.1, 0.15) is 16.2 Å². The first-order valence-corrected chi connectivity index (χ1v) is 6.52. The molecule has 0 N–H and O–H groups in total. The summed E-state index contributed by atoms with van der Waals surface area (Å²) in [6.07, 6.45) is 0. The molecule has 3 nitrogen and oxygen atoms in total. The van der Waals surface area contributed by atoms with Crippen LogP contribution >= 0.6 is 24.0 Å². The highest BCUT2D eigenvalue weighted by Crippen LogP contribution is 2.33. The third-order valence-electron chi connectivity index (χ3n) is 2.25. The Kier molecular flexibility index (Phi) is 5.00. The molecule has 1 rings (SSSR count). The molecule has 0 atom stereocenters. The normalized spacial score (nSPS) is 10.6. The van der Waals surface area contributed by atoms with Gasteiger partial charge in [-0.05, 0) is 26.0 Å². The minimum atomic E-state index is -0.554. The van der Waals surface area contributed by atoms with Gasteiger partial charge in [0.2, 0.25) is 0 Å². The Morgan fingerprint density at radius 2 is 2.00 bits per heavy atom. The molecule has 0 unspecified atom stereocenters. The van der Waals surface area contributed by atoms with Crippen molar-refractivity contribution in [2.75, 3.05) is 14.2 Å². The highest BCUT2D eigenvalue weighted by atomic mass is 32.2. The molecule has 0 saturated heterocycles. The molecule has 0 radical (unpaired) electrons. The van der Waals surface area contributed by atoms with Crippen LogP contribution in [0.4, 0.5) is 0 Å². The third kappa shape index (κ3) is 3.62. The van der Waals surface area contributed by atoms with E-state index in [0.29, 0.717) is 15.7 Å². The number of ether oxygens (including phenoxy) is 2. The molecule has 5 heteroatoms. The third-order valence-corrected chi connectivity index (χ3v) is 3.72. The topological polar surface area (TPSA) is 42.2 Å². The van der Waals surface area contributed by atoms with Crippen LogP contribution in [0.1, 0.15) is 19.4 Å². The number of hydrogen-bond donors (Lipinski definition) is 0. The SMILES string of the molecule is COc1ccc(C(=S)SC(C)(C)C#N)c(OC)c1. The molecule has 0 aliphatic rings. The Balaban J connectivity index is 3.03. The Hall–Kier alpha value is -1.25.